The Bertz CT molecular complexity index is 298. The van der Waals surface area contributed by atoms with Crippen LogP contribution in [0.5, 0.6) is 0 Å². The summed E-state index contributed by atoms with van der Waals surface area (Å²) in [5, 5.41) is 2.12. The Kier molecular flexibility index (Phi) is 4.84. The van der Waals surface area contributed by atoms with Crippen molar-refractivity contribution in [2.45, 2.75) is 13.5 Å². The fourth-order valence-corrected chi connectivity index (χ4v) is 1.41. The molecule has 0 spiro atoms. The molecule has 0 saturated carbocycles. The quantitative estimate of drug-likeness (QED) is 0.718. The van der Waals surface area contributed by atoms with E-state index in [2.05, 4.69) is 22.2 Å². The molecule has 0 radical (unpaired) electrons. The van der Waals surface area contributed by atoms with Crippen molar-refractivity contribution in [1.29, 1.82) is 0 Å². The van der Waals surface area contributed by atoms with Crippen LogP contribution in [-0.4, -0.2) is 19.6 Å². The van der Waals surface area contributed by atoms with Gasteiger partial charge in [-0.3, -0.25) is 4.79 Å². The first-order chi connectivity index (χ1) is 7.24. The van der Waals surface area contributed by atoms with E-state index in [0.717, 1.165) is 13.1 Å². The Labute approximate surface area is 90.4 Å². The molecule has 1 atom stereocenters. The van der Waals surface area contributed by atoms with E-state index in [1.807, 2.05) is 25.1 Å². The van der Waals surface area contributed by atoms with Gasteiger partial charge in [-0.25, -0.2) is 0 Å². The Morgan fingerprint density at radius 2 is 2.07 bits per heavy atom. The number of hydrogen-bond donors (Lipinski definition) is 1. The number of rotatable bonds is 5. The highest BCUT2D eigenvalue weighted by atomic mass is 16.5. The highest BCUT2D eigenvalue weighted by Crippen LogP contribution is 1.96. The van der Waals surface area contributed by atoms with Gasteiger partial charge in [0.2, 0.25) is 0 Å². The van der Waals surface area contributed by atoms with Gasteiger partial charge in [0.25, 0.3) is 0 Å². The summed E-state index contributed by atoms with van der Waals surface area (Å²) in [6, 6.07) is 10.2. The Morgan fingerprint density at radius 1 is 1.40 bits per heavy atom. The van der Waals surface area contributed by atoms with Crippen molar-refractivity contribution in [2.75, 3.05) is 13.7 Å². The predicted molar refractivity (Wildman–Crippen MR) is 58.1 cm³/mol. The summed E-state index contributed by atoms with van der Waals surface area (Å²) < 4.78 is 4.66. The maximum atomic E-state index is 11.1. The van der Waals surface area contributed by atoms with E-state index in [9.17, 15) is 4.79 Å². The summed E-state index contributed by atoms with van der Waals surface area (Å²) >= 11 is 0. The number of benzene rings is 1. The van der Waals surface area contributed by atoms with Crippen molar-refractivity contribution in [3.63, 3.8) is 0 Å². The topological polar surface area (TPSA) is 42.9 Å². The van der Waals surface area contributed by atoms with Gasteiger partial charge in [0.1, 0.15) is 12.5 Å². The number of nitrogens with two attached hydrogens (primary N) is 1. The number of quaternary nitrogens is 1. The first-order valence-electron chi connectivity index (χ1n) is 5.17. The van der Waals surface area contributed by atoms with E-state index < -0.39 is 0 Å². The van der Waals surface area contributed by atoms with Gasteiger partial charge in [-0.15, -0.1) is 0 Å². The molecule has 0 heterocycles. The molecule has 0 bridgehead atoms. The first kappa shape index (κ1) is 11.7. The van der Waals surface area contributed by atoms with Crippen molar-refractivity contribution in [1.82, 2.24) is 0 Å². The molecular formula is C12H18NO2+. The molecule has 0 fully saturated rings. The third-order valence-corrected chi connectivity index (χ3v) is 2.35. The van der Waals surface area contributed by atoms with Crippen LogP contribution >= 0.6 is 0 Å². The lowest BCUT2D eigenvalue weighted by atomic mass is 10.1. The van der Waals surface area contributed by atoms with Crippen molar-refractivity contribution in [2.24, 2.45) is 5.92 Å². The fourth-order valence-electron chi connectivity index (χ4n) is 1.41. The lowest BCUT2D eigenvalue weighted by Gasteiger charge is -2.07. The van der Waals surface area contributed by atoms with Crippen molar-refractivity contribution >= 4 is 5.97 Å². The number of hydrogen-bond acceptors (Lipinski definition) is 2. The summed E-state index contributed by atoms with van der Waals surface area (Å²) in [4.78, 5) is 11.1. The molecule has 1 aromatic rings. The average Bonchev–Trinajstić information content (AvgIpc) is 2.29. The molecule has 1 rings (SSSR count). The minimum Gasteiger partial charge on any atom is -0.469 e. The molecule has 15 heavy (non-hydrogen) atoms. The van der Waals surface area contributed by atoms with Crippen LogP contribution in [0, 0.1) is 5.92 Å². The van der Waals surface area contributed by atoms with Gasteiger partial charge in [-0.05, 0) is 6.92 Å². The van der Waals surface area contributed by atoms with E-state index in [0.29, 0.717) is 0 Å². The third-order valence-electron chi connectivity index (χ3n) is 2.35. The fraction of sp³-hybridized carbons (Fsp3) is 0.417. The Balaban J connectivity index is 2.25. The van der Waals surface area contributed by atoms with Crippen LogP contribution in [0.2, 0.25) is 0 Å². The molecule has 0 aromatic heterocycles. The van der Waals surface area contributed by atoms with Gasteiger partial charge in [0.15, 0.2) is 0 Å². The van der Waals surface area contributed by atoms with E-state index in [1.165, 1.54) is 12.7 Å². The molecule has 0 saturated heterocycles. The molecule has 0 aliphatic rings. The summed E-state index contributed by atoms with van der Waals surface area (Å²) in [7, 11) is 1.43. The van der Waals surface area contributed by atoms with E-state index in [1.54, 1.807) is 0 Å². The Morgan fingerprint density at radius 3 is 2.67 bits per heavy atom. The summed E-state index contributed by atoms with van der Waals surface area (Å²) in [6.45, 7) is 3.55. The molecular weight excluding hydrogens is 190 g/mol. The summed E-state index contributed by atoms with van der Waals surface area (Å²) in [5.41, 5.74) is 1.27. The second-order valence-electron chi connectivity index (χ2n) is 3.64. The van der Waals surface area contributed by atoms with E-state index in [4.69, 9.17) is 0 Å². The van der Waals surface area contributed by atoms with Gasteiger partial charge in [0, 0.05) is 5.56 Å². The van der Waals surface area contributed by atoms with E-state index in [-0.39, 0.29) is 11.9 Å². The highest BCUT2D eigenvalue weighted by Gasteiger charge is 2.14. The number of ether oxygens (including phenoxy) is 1. The zero-order valence-electron chi connectivity index (χ0n) is 9.27. The van der Waals surface area contributed by atoms with Crippen molar-refractivity contribution < 1.29 is 14.8 Å². The second-order valence-corrected chi connectivity index (χ2v) is 3.64. The van der Waals surface area contributed by atoms with Crippen molar-refractivity contribution in [3.8, 4) is 0 Å². The molecule has 0 amide bonds. The molecule has 82 valence electrons. The standard InChI is InChI=1S/C12H17NO2/c1-10(12(14)15-2)8-13-9-11-6-4-3-5-7-11/h3-7,10,13H,8-9H2,1-2H3/p+1/t10-/m0/s1. The number of methoxy groups -OCH3 is 1. The minimum atomic E-state index is -0.140. The molecule has 2 N–H and O–H groups in total. The normalized spacial score (nSPS) is 12.1. The van der Waals surface area contributed by atoms with Crippen LogP contribution in [0.15, 0.2) is 30.3 Å². The van der Waals surface area contributed by atoms with Crippen LogP contribution in [0.4, 0.5) is 0 Å². The lowest BCUT2D eigenvalue weighted by Crippen LogP contribution is -2.84. The van der Waals surface area contributed by atoms with Crippen LogP contribution in [-0.2, 0) is 16.1 Å². The van der Waals surface area contributed by atoms with Gasteiger partial charge >= 0.3 is 5.97 Å². The van der Waals surface area contributed by atoms with Crippen LogP contribution in [0.25, 0.3) is 0 Å². The first-order valence-corrected chi connectivity index (χ1v) is 5.17. The van der Waals surface area contributed by atoms with Crippen LogP contribution in [0.3, 0.4) is 0 Å². The van der Waals surface area contributed by atoms with Gasteiger partial charge in [-0.2, -0.15) is 0 Å². The summed E-state index contributed by atoms with van der Waals surface area (Å²) in [5.74, 6) is -0.182. The Hall–Kier alpha value is -1.35. The third kappa shape index (κ3) is 4.13. The number of esters is 1. The minimum absolute atomic E-state index is 0.0429. The van der Waals surface area contributed by atoms with Gasteiger partial charge < -0.3 is 10.1 Å². The number of carbonyl (C=O) groups is 1. The van der Waals surface area contributed by atoms with E-state index >= 15 is 0 Å². The summed E-state index contributed by atoms with van der Waals surface area (Å²) in [6.07, 6.45) is 0. The molecule has 0 aliphatic carbocycles. The average molecular weight is 208 g/mol. The molecule has 1 aromatic carbocycles. The predicted octanol–water partition coefficient (Wildman–Crippen LogP) is 0.559. The van der Waals surface area contributed by atoms with Crippen LogP contribution in [0.1, 0.15) is 12.5 Å². The maximum Gasteiger partial charge on any atom is 0.314 e. The molecule has 3 nitrogen and oxygen atoms in total. The monoisotopic (exact) mass is 208 g/mol. The zero-order chi connectivity index (χ0) is 11.1. The van der Waals surface area contributed by atoms with Gasteiger partial charge in [0.05, 0.1) is 13.7 Å². The largest absolute Gasteiger partial charge is 0.469 e. The second kappa shape index (κ2) is 6.19. The SMILES string of the molecule is COC(=O)[C@@H](C)C[NH2+]Cc1ccccc1. The van der Waals surface area contributed by atoms with Gasteiger partial charge in [-0.1, -0.05) is 30.3 Å². The molecule has 0 aliphatic heterocycles. The smallest absolute Gasteiger partial charge is 0.314 e. The molecule has 0 unspecified atom stereocenters. The van der Waals surface area contributed by atoms with Crippen molar-refractivity contribution in [3.05, 3.63) is 35.9 Å². The number of carbonyl (C=O) groups excluding carboxylic acids is 1. The zero-order valence-corrected chi connectivity index (χ0v) is 9.27. The maximum absolute atomic E-state index is 11.1. The lowest BCUT2D eigenvalue weighted by molar-refractivity contribution is -0.674. The van der Waals surface area contributed by atoms with Crippen LogP contribution < -0.4 is 5.32 Å². The highest BCUT2D eigenvalue weighted by molar-refractivity contribution is 5.71. The molecule has 3 heteroatoms.